The topological polar surface area (TPSA) is 66.8 Å². The first-order valence-electron chi connectivity index (χ1n) is 4.40. The number of fused-ring (bicyclic) bond motifs is 1. The number of nitrogens with zero attached hydrogens (tertiary/aromatic N) is 2. The lowest BCUT2D eigenvalue weighted by molar-refractivity contribution is 0.563. The van der Waals surface area contributed by atoms with Gasteiger partial charge in [-0.05, 0) is 30.6 Å². The molecule has 1 aliphatic heterocycles. The number of rotatable bonds is 2. The maximum atomic E-state index is 11.6. The molecule has 16 heavy (non-hydrogen) atoms. The molecule has 0 fully saturated rings. The van der Waals surface area contributed by atoms with Crippen molar-refractivity contribution < 1.29 is 13.2 Å². The highest BCUT2D eigenvalue weighted by atomic mass is 32.2. The molecule has 0 bridgehead atoms. The van der Waals surface area contributed by atoms with Crippen LogP contribution < -0.4 is 0 Å². The van der Waals surface area contributed by atoms with E-state index in [-0.39, 0.29) is 4.90 Å². The Balaban J connectivity index is 2.61. The molecule has 5 nitrogen and oxygen atoms in total. The van der Waals surface area contributed by atoms with Gasteiger partial charge in [0, 0.05) is 11.4 Å². The summed E-state index contributed by atoms with van der Waals surface area (Å²) in [7, 11) is -2.04. The molecule has 0 atom stereocenters. The fourth-order valence-electron chi connectivity index (χ4n) is 1.52. The van der Waals surface area contributed by atoms with Gasteiger partial charge in [-0.15, -0.1) is 0 Å². The van der Waals surface area contributed by atoms with Crippen LogP contribution in [0, 0.1) is 0 Å². The molecule has 0 amide bonds. The van der Waals surface area contributed by atoms with E-state index in [9.17, 15) is 13.2 Å². The summed E-state index contributed by atoms with van der Waals surface area (Å²) in [5, 5.41) is 0. The van der Waals surface area contributed by atoms with Gasteiger partial charge in [-0.1, -0.05) is 16.5 Å². The normalized spacial score (nSPS) is 15.6. The Morgan fingerprint density at radius 2 is 2.25 bits per heavy atom. The van der Waals surface area contributed by atoms with E-state index in [2.05, 4.69) is 4.40 Å². The van der Waals surface area contributed by atoms with E-state index in [4.69, 9.17) is 0 Å². The first-order valence-corrected chi connectivity index (χ1v) is 6.61. The number of hydrogen-bond donors (Lipinski definition) is 0. The molecule has 2 rings (SSSR count). The maximum Gasteiger partial charge on any atom is 0.293 e. The van der Waals surface area contributed by atoms with E-state index in [1.807, 2.05) is 17.4 Å². The van der Waals surface area contributed by atoms with E-state index >= 15 is 0 Å². The minimum Gasteiger partial charge on any atom is -0.245 e. The second kappa shape index (κ2) is 4.03. The van der Waals surface area contributed by atoms with E-state index in [1.54, 1.807) is 6.07 Å². The average molecular weight is 256 g/mol. The monoisotopic (exact) mass is 256 g/mol. The van der Waals surface area contributed by atoms with Crippen molar-refractivity contribution in [2.24, 2.45) is 4.40 Å². The summed E-state index contributed by atoms with van der Waals surface area (Å²) in [5.41, 5.74) is 0.926. The largest absolute Gasteiger partial charge is 0.293 e. The van der Waals surface area contributed by atoms with Crippen LogP contribution in [0.25, 0.3) is 0 Å². The SMILES string of the molecule is CN1Cc2cccc(S(=O)(=O)N=C=O)c2S1. The van der Waals surface area contributed by atoms with Crippen molar-refractivity contribution in [3.63, 3.8) is 0 Å². The van der Waals surface area contributed by atoms with E-state index < -0.39 is 10.0 Å². The Morgan fingerprint density at radius 3 is 2.94 bits per heavy atom. The van der Waals surface area contributed by atoms with E-state index in [1.165, 1.54) is 18.0 Å². The van der Waals surface area contributed by atoms with Crippen LogP contribution in [0.3, 0.4) is 0 Å². The molecule has 0 saturated carbocycles. The van der Waals surface area contributed by atoms with Gasteiger partial charge >= 0.3 is 0 Å². The highest BCUT2D eigenvalue weighted by molar-refractivity contribution is 7.98. The van der Waals surface area contributed by atoms with Crippen LogP contribution in [0.1, 0.15) is 5.56 Å². The lowest BCUT2D eigenvalue weighted by Gasteiger charge is -2.04. The van der Waals surface area contributed by atoms with Crippen molar-refractivity contribution in [2.45, 2.75) is 16.3 Å². The van der Waals surface area contributed by atoms with Gasteiger partial charge in [0.1, 0.15) is 4.90 Å². The van der Waals surface area contributed by atoms with Crippen molar-refractivity contribution in [1.29, 1.82) is 0 Å². The first-order chi connectivity index (χ1) is 7.54. The molecule has 0 aliphatic carbocycles. The summed E-state index contributed by atoms with van der Waals surface area (Å²) in [5.74, 6) is 0. The zero-order valence-corrected chi connectivity index (χ0v) is 10.0. The fraction of sp³-hybridized carbons (Fsp3) is 0.222. The van der Waals surface area contributed by atoms with Crippen molar-refractivity contribution >= 4 is 28.1 Å². The Morgan fingerprint density at radius 1 is 1.50 bits per heavy atom. The number of carbonyl (C=O) groups excluding carboxylic acids is 1. The standard InChI is InChI=1S/C9H8N2O3S2/c1-11-5-7-3-2-4-8(9(7)15-11)16(13,14)10-6-12/h2-4H,5H2,1H3. The Hall–Kier alpha value is -1.14. The van der Waals surface area contributed by atoms with Gasteiger partial charge in [0.15, 0.2) is 0 Å². The number of sulfonamides is 1. The Kier molecular flexibility index (Phi) is 2.86. The third kappa shape index (κ3) is 1.90. The van der Waals surface area contributed by atoms with Crippen molar-refractivity contribution in [3.8, 4) is 0 Å². The van der Waals surface area contributed by atoms with Gasteiger partial charge in [-0.25, -0.2) is 9.10 Å². The van der Waals surface area contributed by atoms with Crippen LogP contribution in [-0.4, -0.2) is 25.9 Å². The van der Waals surface area contributed by atoms with E-state index in [0.717, 1.165) is 11.6 Å². The predicted molar refractivity (Wildman–Crippen MR) is 59.1 cm³/mol. The lowest BCUT2D eigenvalue weighted by Crippen LogP contribution is -1.99. The van der Waals surface area contributed by atoms with Crippen LogP contribution in [0.4, 0.5) is 0 Å². The Bertz CT molecular complexity index is 576. The van der Waals surface area contributed by atoms with Gasteiger partial charge in [0.2, 0.25) is 0 Å². The first kappa shape index (κ1) is 11.3. The molecule has 84 valence electrons. The van der Waals surface area contributed by atoms with Gasteiger partial charge in [0.25, 0.3) is 16.1 Å². The molecular weight excluding hydrogens is 248 g/mol. The third-order valence-electron chi connectivity index (χ3n) is 2.14. The molecule has 1 aliphatic rings. The number of isocyanates is 1. The summed E-state index contributed by atoms with van der Waals surface area (Å²) in [4.78, 5) is 10.8. The zero-order valence-electron chi connectivity index (χ0n) is 8.37. The summed E-state index contributed by atoms with van der Waals surface area (Å²) < 4.78 is 28.1. The van der Waals surface area contributed by atoms with E-state index in [0.29, 0.717) is 11.4 Å². The summed E-state index contributed by atoms with van der Waals surface area (Å²) in [6.45, 7) is 0.675. The molecule has 0 spiro atoms. The molecule has 1 heterocycles. The predicted octanol–water partition coefficient (Wildman–Crippen LogP) is 1.16. The zero-order chi connectivity index (χ0) is 11.8. The third-order valence-corrected chi connectivity index (χ3v) is 4.58. The Labute approximate surface area is 97.4 Å². The second-order valence-electron chi connectivity index (χ2n) is 3.28. The quantitative estimate of drug-likeness (QED) is 0.451. The lowest BCUT2D eigenvalue weighted by atomic mass is 10.2. The maximum absolute atomic E-state index is 11.6. The molecule has 0 saturated heterocycles. The van der Waals surface area contributed by atoms with Gasteiger partial charge in [0.05, 0.1) is 0 Å². The average Bonchev–Trinajstić information content (AvgIpc) is 2.56. The van der Waals surface area contributed by atoms with Crippen molar-refractivity contribution in [2.75, 3.05) is 7.05 Å². The van der Waals surface area contributed by atoms with Crippen LogP contribution in [0.5, 0.6) is 0 Å². The van der Waals surface area contributed by atoms with Crippen molar-refractivity contribution in [3.05, 3.63) is 23.8 Å². The van der Waals surface area contributed by atoms with Gasteiger partial charge < -0.3 is 0 Å². The molecule has 0 N–H and O–H groups in total. The summed E-state index contributed by atoms with van der Waals surface area (Å²) in [6.07, 6.45) is 1.07. The van der Waals surface area contributed by atoms with Crippen LogP contribution in [0.2, 0.25) is 0 Å². The minimum absolute atomic E-state index is 0.0719. The van der Waals surface area contributed by atoms with Gasteiger partial charge in [-0.2, -0.15) is 8.42 Å². The molecule has 0 unspecified atom stereocenters. The second-order valence-corrected chi connectivity index (χ2v) is 6.07. The summed E-state index contributed by atoms with van der Waals surface area (Å²) in [6, 6.07) is 4.95. The van der Waals surface area contributed by atoms with Crippen LogP contribution >= 0.6 is 11.9 Å². The van der Waals surface area contributed by atoms with Gasteiger partial charge in [-0.3, -0.25) is 0 Å². The number of benzene rings is 1. The van der Waals surface area contributed by atoms with Crippen LogP contribution in [-0.2, 0) is 21.4 Å². The smallest absolute Gasteiger partial charge is 0.245 e. The molecule has 1 aromatic carbocycles. The van der Waals surface area contributed by atoms with Crippen LogP contribution in [0.15, 0.2) is 32.4 Å². The highest BCUT2D eigenvalue weighted by Crippen LogP contribution is 2.39. The molecule has 0 aromatic heterocycles. The van der Waals surface area contributed by atoms with Crippen molar-refractivity contribution in [1.82, 2.24) is 4.31 Å². The molecule has 1 aromatic rings. The molecule has 7 heteroatoms. The summed E-state index contributed by atoms with van der Waals surface area (Å²) >= 11 is 1.33. The highest BCUT2D eigenvalue weighted by Gasteiger charge is 2.26. The molecule has 0 radical (unpaired) electrons. The fourth-order valence-corrected chi connectivity index (χ4v) is 3.68. The minimum atomic E-state index is -3.91. The number of hydrogen-bond acceptors (Lipinski definition) is 5. The molecular formula is C9H8N2O3S2.